The number of hydrogen-bond acceptors (Lipinski definition) is 3. The summed E-state index contributed by atoms with van der Waals surface area (Å²) in [6.45, 7) is 0. The van der Waals surface area contributed by atoms with E-state index in [0.29, 0.717) is 11.3 Å². The molecule has 0 atom stereocenters. The molecule has 0 aliphatic rings. The van der Waals surface area contributed by atoms with Gasteiger partial charge >= 0.3 is 0 Å². The molecule has 2 rings (SSSR count). The van der Waals surface area contributed by atoms with Crippen molar-refractivity contribution in [1.29, 1.82) is 5.26 Å². The Morgan fingerprint density at radius 2 is 2.00 bits per heavy atom. The zero-order valence-electron chi connectivity index (χ0n) is 10.5. The van der Waals surface area contributed by atoms with E-state index in [4.69, 9.17) is 11.0 Å². The minimum absolute atomic E-state index is 0.125. The van der Waals surface area contributed by atoms with Crippen molar-refractivity contribution in [2.75, 3.05) is 11.1 Å². The minimum atomic E-state index is -0.611. The Balaban J connectivity index is 2.35. The van der Waals surface area contributed by atoms with E-state index in [2.05, 4.69) is 37.2 Å². The quantitative estimate of drug-likeness (QED) is 0.730. The normalized spacial score (nSPS) is 10.0. The van der Waals surface area contributed by atoms with E-state index in [1.54, 1.807) is 18.2 Å². The van der Waals surface area contributed by atoms with Gasteiger partial charge in [0.1, 0.15) is 11.9 Å². The van der Waals surface area contributed by atoms with Crippen molar-refractivity contribution in [3.8, 4) is 6.07 Å². The summed E-state index contributed by atoms with van der Waals surface area (Å²) < 4.78 is 14.3. The first-order valence-corrected chi connectivity index (χ1v) is 7.26. The van der Waals surface area contributed by atoms with Gasteiger partial charge in [0, 0.05) is 8.95 Å². The number of amides is 1. The number of benzene rings is 2. The molecule has 7 heteroatoms. The number of halogens is 3. The highest BCUT2D eigenvalue weighted by molar-refractivity contribution is 9.10. The number of nitrogens with zero attached hydrogens (tertiary/aromatic N) is 1. The number of carbonyl (C=O) groups is 1. The summed E-state index contributed by atoms with van der Waals surface area (Å²) in [5.41, 5.74) is 6.19. The molecule has 0 unspecified atom stereocenters. The zero-order valence-corrected chi connectivity index (χ0v) is 13.6. The topological polar surface area (TPSA) is 78.9 Å². The molecule has 106 valence electrons. The monoisotopic (exact) mass is 411 g/mol. The molecule has 0 fully saturated rings. The highest BCUT2D eigenvalue weighted by Gasteiger charge is 2.15. The number of nitrogen functional groups attached to an aromatic ring is 1. The summed E-state index contributed by atoms with van der Waals surface area (Å²) in [5, 5.41) is 11.7. The fourth-order valence-electron chi connectivity index (χ4n) is 1.65. The molecule has 0 aliphatic heterocycles. The Morgan fingerprint density at radius 1 is 1.29 bits per heavy atom. The summed E-state index contributed by atoms with van der Waals surface area (Å²) in [5.74, 6) is -1.10. The van der Waals surface area contributed by atoms with Gasteiger partial charge in [-0.2, -0.15) is 5.26 Å². The lowest BCUT2D eigenvalue weighted by atomic mass is 10.1. The van der Waals surface area contributed by atoms with Gasteiger partial charge in [0.25, 0.3) is 5.91 Å². The molecule has 0 heterocycles. The third-order valence-corrected chi connectivity index (χ3v) is 3.83. The van der Waals surface area contributed by atoms with Crippen LogP contribution in [0.15, 0.2) is 39.3 Å². The van der Waals surface area contributed by atoms with Crippen molar-refractivity contribution < 1.29 is 9.18 Å². The summed E-state index contributed by atoms with van der Waals surface area (Å²) in [6, 6.07) is 9.23. The lowest BCUT2D eigenvalue weighted by Crippen LogP contribution is -2.14. The zero-order chi connectivity index (χ0) is 15.6. The predicted octanol–water partition coefficient (Wildman–Crippen LogP) is 4.06. The van der Waals surface area contributed by atoms with Gasteiger partial charge in [-0.25, -0.2) is 4.39 Å². The van der Waals surface area contributed by atoms with E-state index in [9.17, 15) is 9.18 Å². The predicted molar refractivity (Wildman–Crippen MR) is 85.3 cm³/mol. The molecule has 0 bridgehead atoms. The van der Waals surface area contributed by atoms with E-state index >= 15 is 0 Å². The molecule has 1 amide bonds. The summed E-state index contributed by atoms with van der Waals surface area (Å²) >= 11 is 6.36. The Labute approximate surface area is 137 Å². The summed E-state index contributed by atoms with van der Waals surface area (Å²) in [4.78, 5) is 12.2. The van der Waals surface area contributed by atoms with Gasteiger partial charge in [0.05, 0.1) is 22.5 Å². The van der Waals surface area contributed by atoms with Crippen LogP contribution in [0.1, 0.15) is 15.9 Å². The van der Waals surface area contributed by atoms with E-state index in [0.717, 1.165) is 10.5 Å². The van der Waals surface area contributed by atoms with E-state index in [1.165, 1.54) is 6.07 Å². The highest BCUT2D eigenvalue weighted by Crippen LogP contribution is 2.25. The number of anilines is 2. The fraction of sp³-hybridized carbons (Fsp3) is 0. The molecule has 0 aromatic heterocycles. The second kappa shape index (κ2) is 6.24. The standard InChI is InChI=1S/C14H8Br2FN3O/c15-8-1-2-13(7(3-8)6-18)20-14(21)9-4-12(19)11(17)5-10(9)16/h1-5H,19H2,(H,20,21). The van der Waals surface area contributed by atoms with Gasteiger partial charge in [-0.3, -0.25) is 4.79 Å². The van der Waals surface area contributed by atoms with Gasteiger partial charge < -0.3 is 11.1 Å². The van der Waals surface area contributed by atoms with E-state index in [1.807, 2.05) is 6.07 Å². The first-order chi connectivity index (χ1) is 9.92. The number of carbonyl (C=O) groups excluding carboxylic acids is 1. The van der Waals surface area contributed by atoms with Crippen LogP contribution in [0.25, 0.3) is 0 Å². The largest absolute Gasteiger partial charge is 0.396 e. The average molecular weight is 413 g/mol. The van der Waals surface area contributed by atoms with Gasteiger partial charge in [-0.05, 0) is 46.3 Å². The van der Waals surface area contributed by atoms with Crippen molar-refractivity contribution in [2.24, 2.45) is 0 Å². The molecule has 21 heavy (non-hydrogen) atoms. The smallest absolute Gasteiger partial charge is 0.256 e. The lowest BCUT2D eigenvalue weighted by Gasteiger charge is -2.10. The maximum Gasteiger partial charge on any atom is 0.256 e. The molecule has 0 spiro atoms. The number of hydrogen-bond donors (Lipinski definition) is 2. The third-order valence-electron chi connectivity index (χ3n) is 2.68. The molecule has 0 saturated heterocycles. The van der Waals surface area contributed by atoms with Crippen LogP contribution in [-0.4, -0.2) is 5.91 Å². The van der Waals surface area contributed by atoms with Crippen molar-refractivity contribution in [3.63, 3.8) is 0 Å². The first kappa shape index (κ1) is 15.5. The summed E-state index contributed by atoms with van der Waals surface area (Å²) in [7, 11) is 0. The van der Waals surface area contributed by atoms with Crippen molar-refractivity contribution in [1.82, 2.24) is 0 Å². The molecule has 0 radical (unpaired) electrons. The fourth-order valence-corrected chi connectivity index (χ4v) is 2.50. The van der Waals surface area contributed by atoms with E-state index < -0.39 is 11.7 Å². The number of nitrogens with one attached hydrogen (secondary N) is 1. The Kier molecular flexibility index (Phi) is 4.60. The highest BCUT2D eigenvalue weighted by atomic mass is 79.9. The molecular weight excluding hydrogens is 405 g/mol. The first-order valence-electron chi connectivity index (χ1n) is 5.68. The average Bonchev–Trinajstić information content (AvgIpc) is 2.44. The van der Waals surface area contributed by atoms with Crippen LogP contribution >= 0.6 is 31.9 Å². The molecule has 4 nitrogen and oxygen atoms in total. The molecule has 2 aromatic rings. The Hall–Kier alpha value is -1.91. The van der Waals surface area contributed by atoms with Gasteiger partial charge in [-0.15, -0.1) is 0 Å². The Morgan fingerprint density at radius 3 is 2.67 bits per heavy atom. The second-order valence-electron chi connectivity index (χ2n) is 4.11. The number of nitriles is 1. The summed E-state index contributed by atoms with van der Waals surface area (Å²) in [6.07, 6.45) is 0. The van der Waals surface area contributed by atoms with Gasteiger partial charge in [0.15, 0.2) is 0 Å². The number of rotatable bonds is 2. The van der Waals surface area contributed by atoms with Crippen LogP contribution in [0, 0.1) is 17.1 Å². The Bertz CT molecular complexity index is 772. The maximum absolute atomic E-state index is 13.3. The van der Waals surface area contributed by atoms with Crippen LogP contribution in [0.4, 0.5) is 15.8 Å². The van der Waals surface area contributed by atoms with E-state index in [-0.39, 0.29) is 15.7 Å². The van der Waals surface area contributed by atoms with Crippen LogP contribution in [-0.2, 0) is 0 Å². The van der Waals surface area contributed by atoms with Crippen LogP contribution in [0.2, 0.25) is 0 Å². The van der Waals surface area contributed by atoms with Crippen molar-refractivity contribution in [2.45, 2.75) is 0 Å². The van der Waals surface area contributed by atoms with Crippen LogP contribution < -0.4 is 11.1 Å². The minimum Gasteiger partial charge on any atom is -0.396 e. The molecule has 0 saturated carbocycles. The van der Waals surface area contributed by atoms with Gasteiger partial charge in [-0.1, -0.05) is 15.9 Å². The molecule has 3 N–H and O–H groups in total. The van der Waals surface area contributed by atoms with Crippen LogP contribution in [0.5, 0.6) is 0 Å². The molecule has 2 aromatic carbocycles. The number of nitrogens with two attached hydrogens (primary N) is 1. The maximum atomic E-state index is 13.3. The van der Waals surface area contributed by atoms with Gasteiger partial charge in [0.2, 0.25) is 0 Å². The van der Waals surface area contributed by atoms with Crippen LogP contribution in [0.3, 0.4) is 0 Å². The van der Waals surface area contributed by atoms with Crippen molar-refractivity contribution >= 4 is 49.1 Å². The SMILES string of the molecule is N#Cc1cc(Br)ccc1NC(=O)c1cc(N)c(F)cc1Br. The van der Waals surface area contributed by atoms with Crippen molar-refractivity contribution in [3.05, 3.63) is 56.2 Å². The second-order valence-corrected chi connectivity index (χ2v) is 5.88. The third kappa shape index (κ3) is 3.40. The molecule has 0 aliphatic carbocycles. The molecular formula is C14H8Br2FN3O. The lowest BCUT2D eigenvalue weighted by molar-refractivity contribution is 0.102.